The predicted molar refractivity (Wildman–Crippen MR) is 79.5 cm³/mol. The van der Waals surface area contributed by atoms with Gasteiger partial charge in [0.1, 0.15) is 0 Å². The van der Waals surface area contributed by atoms with Crippen LogP contribution in [0.15, 0.2) is 18.2 Å². The third kappa shape index (κ3) is 2.99. The first kappa shape index (κ1) is 14.1. The molecule has 0 saturated heterocycles. The van der Waals surface area contributed by atoms with Gasteiger partial charge in [-0.1, -0.05) is 44.4 Å². The molecular weight excluding hydrogens is 234 g/mol. The fourth-order valence-corrected chi connectivity index (χ4v) is 3.08. The summed E-state index contributed by atoms with van der Waals surface area (Å²) in [6, 6.07) is 6.71. The van der Waals surface area contributed by atoms with Crippen LogP contribution in [0.4, 0.5) is 0 Å². The molecule has 0 fully saturated rings. The molecular formula is C17H25NO. The molecule has 0 spiro atoms. The summed E-state index contributed by atoms with van der Waals surface area (Å²) >= 11 is 0. The Morgan fingerprint density at radius 1 is 1.21 bits per heavy atom. The van der Waals surface area contributed by atoms with Crippen LogP contribution in [0, 0.1) is 6.92 Å². The monoisotopic (exact) mass is 259 g/mol. The van der Waals surface area contributed by atoms with E-state index in [2.05, 4.69) is 43.9 Å². The Morgan fingerprint density at radius 2 is 1.89 bits per heavy atom. The molecule has 1 aliphatic heterocycles. The maximum absolute atomic E-state index is 12.7. The van der Waals surface area contributed by atoms with E-state index in [9.17, 15) is 4.79 Å². The second kappa shape index (κ2) is 6.23. The molecule has 1 amide bonds. The summed E-state index contributed by atoms with van der Waals surface area (Å²) in [4.78, 5) is 14.8. The predicted octanol–water partition coefficient (Wildman–Crippen LogP) is 3.96. The van der Waals surface area contributed by atoms with Gasteiger partial charge in [-0.25, -0.2) is 0 Å². The molecule has 0 bridgehead atoms. The number of carbonyl (C=O) groups is 1. The fourth-order valence-electron chi connectivity index (χ4n) is 3.08. The topological polar surface area (TPSA) is 20.3 Å². The Hall–Kier alpha value is -1.31. The molecule has 0 radical (unpaired) electrons. The highest BCUT2D eigenvalue weighted by atomic mass is 16.2. The van der Waals surface area contributed by atoms with E-state index in [1.165, 1.54) is 11.1 Å². The second-order valence-electron chi connectivity index (χ2n) is 5.64. The second-order valence-corrected chi connectivity index (χ2v) is 5.64. The molecule has 2 nitrogen and oxygen atoms in total. The summed E-state index contributed by atoms with van der Waals surface area (Å²) in [6.07, 6.45) is 5.55. The number of hydrogen-bond acceptors (Lipinski definition) is 1. The highest BCUT2D eigenvalue weighted by molar-refractivity contribution is 5.97. The van der Waals surface area contributed by atoms with E-state index >= 15 is 0 Å². The lowest BCUT2D eigenvalue weighted by Gasteiger charge is -2.35. The highest BCUT2D eigenvalue weighted by Crippen LogP contribution is 2.24. The standard InChI is InChI=1S/C17H25NO/c1-4-6-15(7-5-2)18-11-10-14-9-8-13(3)12-16(14)17(18)19/h8-9,12,15H,4-7,10-11H2,1-3H3. The molecule has 1 aromatic carbocycles. The minimum atomic E-state index is 0.247. The minimum absolute atomic E-state index is 0.247. The van der Waals surface area contributed by atoms with E-state index in [1.807, 2.05) is 0 Å². The van der Waals surface area contributed by atoms with Crippen LogP contribution in [-0.4, -0.2) is 23.4 Å². The molecule has 0 aromatic heterocycles. The van der Waals surface area contributed by atoms with Crippen LogP contribution < -0.4 is 0 Å². The largest absolute Gasteiger partial charge is 0.335 e. The molecule has 1 aliphatic rings. The minimum Gasteiger partial charge on any atom is -0.335 e. The molecule has 19 heavy (non-hydrogen) atoms. The zero-order valence-electron chi connectivity index (χ0n) is 12.4. The van der Waals surface area contributed by atoms with Gasteiger partial charge in [-0.05, 0) is 37.8 Å². The third-order valence-corrected chi connectivity index (χ3v) is 4.06. The third-order valence-electron chi connectivity index (χ3n) is 4.06. The van der Waals surface area contributed by atoms with Gasteiger partial charge < -0.3 is 4.90 Å². The van der Waals surface area contributed by atoms with E-state index in [0.717, 1.165) is 44.2 Å². The van der Waals surface area contributed by atoms with Gasteiger partial charge in [-0.2, -0.15) is 0 Å². The van der Waals surface area contributed by atoms with Crippen molar-refractivity contribution >= 4 is 5.91 Å². The Balaban J connectivity index is 2.23. The van der Waals surface area contributed by atoms with Gasteiger partial charge in [0.2, 0.25) is 0 Å². The van der Waals surface area contributed by atoms with Crippen molar-refractivity contribution < 1.29 is 4.79 Å². The van der Waals surface area contributed by atoms with Crippen LogP contribution in [-0.2, 0) is 6.42 Å². The van der Waals surface area contributed by atoms with Crippen molar-refractivity contribution in [1.29, 1.82) is 0 Å². The average molecular weight is 259 g/mol. The summed E-state index contributed by atoms with van der Waals surface area (Å²) in [7, 11) is 0. The molecule has 0 atom stereocenters. The van der Waals surface area contributed by atoms with Crippen LogP contribution in [0.3, 0.4) is 0 Å². The molecule has 0 N–H and O–H groups in total. The molecule has 0 unspecified atom stereocenters. The molecule has 104 valence electrons. The lowest BCUT2D eigenvalue weighted by Crippen LogP contribution is -2.44. The van der Waals surface area contributed by atoms with Crippen molar-refractivity contribution in [3.05, 3.63) is 34.9 Å². The molecule has 2 rings (SSSR count). The van der Waals surface area contributed by atoms with Crippen LogP contribution in [0.25, 0.3) is 0 Å². The van der Waals surface area contributed by atoms with Crippen molar-refractivity contribution in [1.82, 2.24) is 4.90 Å². The average Bonchev–Trinajstić information content (AvgIpc) is 2.40. The first-order chi connectivity index (χ1) is 9.17. The van der Waals surface area contributed by atoms with Gasteiger partial charge in [0.15, 0.2) is 0 Å². The lowest BCUT2D eigenvalue weighted by atomic mass is 9.94. The van der Waals surface area contributed by atoms with E-state index in [1.54, 1.807) is 0 Å². The number of amides is 1. The van der Waals surface area contributed by atoms with Crippen molar-refractivity contribution in [2.45, 2.75) is 58.9 Å². The van der Waals surface area contributed by atoms with Crippen LogP contribution in [0.1, 0.15) is 61.0 Å². The normalized spacial score (nSPS) is 14.9. The summed E-state index contributed by atoms with van der Waals surface area (Å²) in [5.74, 6) is 0.247. The highest BCUT2D eigenvalue weighted by Gasteiger charge is 2.28. The van der Waals surface area contributed by atoms with Crippen LogP contribution in [0.5, 0.6) is 0 Å². The zero-order valence-corrected chi connectivity index (χ0v) is 12.4. The summed E-state index contributed by atoms with van der Waals surface area (Å²) in [5.41, 5.74) is 3.33. The van der Waals surface area contributed by atoms with Crippen molar-refractivity contribution in [2.75, 3.05) is 6.54 Å². The van der Waals surface area contributed by atoms with Crippen molar-refractivity contribution in [2.24, 2.45) is 0 Å². The number of aryl methyl sites for hydroxylation is 1. The zero-order chi connectivity index (χ0) is 13.8. The number of benzene rings is 1. The Kier molecular flexibility index (Phi) is 4.62. The molecule has 2 heteroatoms. The van der Waals surface area contributed by atoms with Gasteiger partial charge in [-0.3, -0.25) is 4.79 Å². The maximum Gasteiger partial charge on any atom is 0.254 e. The van der Waals surface area contributed by atoms with E-state index in [4.69, 9.17) is 0 Å². The van der Waals surface area contributed by atoms with Crippen LogP contribution in [0.2, 0.25) is 0 Å². The maximum atomic E-state index is 12.7. The number of carbonyl (C=O) groups excluding carboxylic acids is 1. The molecule has 1 aromatic rings. The SMILES string of the molecule is CCCC(CCC)N1CCc2ccc(C)cc2C1=O. The van der Waals surface area contributed by atoms with E-state index in [-0.39, 0.29) is 5.91 Å². The van der Waals surface area contributed by atoms with Crippen LogP contribution >= 0.6 is 0 Å². The smallest absolute Gasteiger partial charge is 0.254 e. The summed E-state index contributed by atoms with van der Waals surface area (Å²) in [6.45, 7) is 7.35. The lowest BCUT2D eigenvalue weighted by molar-refractivity contribution is 0.0637. The van der Waals surface area contributed by atoms with Gasteiger partial charge in [0, 0.05) is 18.2 Å². The Bertz CT molecular complexity index is 447. The fraction of sp³-hybridized carbons (Fsp3) is 0.588. The quantitative estimate of drug-likeness (QED) is 0.783. The molecule has 0 aliphatic carbocycles. The summed E-state index contributed by atoms with van der Waals surface area (Å²) in [5, 5.41) is 0. The number of fused-ring (bicyclic) bond motifs is 1. The molecule has 1 heterocycles. The number of nitrogens with zero attached hydrogens (tertiary/aromatic N) is 1. The molecule has 0 saturated carbocycles. The first-order valence-electron chi connectivity index (χ1n) is 7.57. The van der Waals surface area contributed by atoms with Gasteiger partial charge >= 0.3 is 0 Å². The van der Waals surface area contributed by atoms with E-state index < -0.39 is 0 Å². The number of rotatable bonds is 5. The van der Waals surface area contributed by atoms with Gasteiger partial charge in [-0.15, -0.1) is 0 Å². The number of hydrogen-bond donors (Lipinski definition) is 0. The summed E-state index contributed by atoms with van der Waals surface area (Å²) < 4.78 is 0. The van der Waals surface area contributed by atoms with Gasteiger partial charge in [0.25, 0.3) is 5.91 Å². The van der Waals surface area contributed by atoms with Crippen molar-refractivity contribution in [3.8, 4) is 0 Å². The van der Waals surface area contributed by atoms with Gasteiger partial charge in [0.05, 0.1) is 0 Å². The first-order valence-corrected chi connectivity index (χ1v) is 7.57. The Labute approximate surface area is 116 Å². The van der Waals surface area contributed by atoms with E-state index in [0.29, 0.717) is 6.04 Å². The Morgan fingerprint density at radius 3 is 2.53 bits per heavy atom. The van der Waals surface area contributed by atoms with Crippen molar-refractivity contribution in [3.63, 3.8) is 0 Å².